The lowest BCUT2D eigenvalue weighted by Crippen LogP contribution is -1.72. The number of unbranched alkanes of at least 4 members (excludes halogenated alkanes) is 1. The fraction of sp³-hybridized carbons (Fsp3) is 0.750. The predicted octanol–water partition coefficient (Wildman–Crippen LogP) is 0.384. The number of nitrogens with zero attached hydrogens (tertiary/aromatic N) is 1. The van der Waals surface area contributed by atoms with E-state index in [0.29, 0.717) is 0 Å². The number of hydrogen-bond acceptors (Lipinski definition) is 2. The molecule has 0 spiro atoms. The van der Waals surface area contributed by atoms with Crippen molar-refractivity contribution in [1.82, 2.24) is 0 Å². The van der Waals surface area contributed by atoms with Crippen molar-refractivity contribution in [3.05, 3.63) is 0 Å². The van der Waals surface area contributed by atoms with Gasteiger partial charge in [0, 0.05) is 6.21 Å². The van der Waals surface area contributed by atoms with Gasteiger partial charge in [0.1, 0.15) is 0 Å². The maximum Gasteiger partial charge on any atom is 0.242 e. The first-order valence-electron chi connectivity index (χ1n) is 2.44. The molecular formula is C4H9NO2S. The minimum absolute atomic E-state index is 0.739. The van der Waals surface area contributed by atoms with Gasteiger partial charge in [0.2, 0.25) is 10.9 Å². The zero-order valence-electron chi connectivity index (χ0n) is 4.70. The molecular weight excluding hydrogens is 126 g/mol. The van der Waals surface area contributed by atoms with Crippen LogP contribution in [0.3, 0.4) is 0 Å². The van der Waals surface area contributed by atoms with E-state index in [9.17, 15) is 8.42 Å². The van der Waals surface area contributed by atoms with Crippen molar-refractivity contribution in [2.45, 2.75) is 19.8 Å². The van der Waals surface area contributed by atoms with Crippen molar-refractivity contribution >= 4 is 17.1 Å². The Kier molecular flexibility index (Phi) is 4.54. The molecule has 0 saturated heterocycles. The van der Waals surface area contributed by atoms with Crippen LogP contribution in [0.2, 0.25) is 0 Å². The topological polar surface area (TPSA) is 46.5 Å². The van der Waals surface area contributed by atoms with Gasteiger partial charge in [-0.05, 0) is 6.42 Å². The molecule has 0 heterocycles. The summed E-state index contributed by atoms with van der Waals surface area (Å²) < 4.78 is 22.6. The minimum atomic E-state index is -2.54. The van der Waals surface area contributed by atoms with Gasteiger partial charge in [-0.15, -0.1) is 0 Å². The van der Waals surface area contributed by atoms with E-state index >= 15 is 0 Å². The monoisotopic (exact) mass is 135 g/mol. The van der Waals surface area contributed by atoms with Crippen molar-refractivity contribution in [3.8, 4) is 0 Å². The Bertz CT molecular complexity index is 131. The highest BCUT2D eigenvalue weighted by Gasteiger charge is 1.72. The Balaban J connectivity index is 3.35. The Morgan fingerprint density at radius 3 is 2.62 bits per heavy atom. The van der Waals surface area contributed by atoms with Crippen molar-refractivity contribution in [2.75, 3.05) is 0 Å². The third kappa shape index (κ3) is 5.62. The molecule has 0 bridgehead atoms. The highest BCUT2D eigenvalue weighted by atomic mass is 32.2. The van der Waals surface area contributed by atoms with Gasteiger partial charge in [0.15, 0.2) is 0 Å². The van der Waals surface area contributed by atoms with Crippen LogP contribution in [0.15, 0.2) is 4.40 Å². The van der Waals surface area contributed by atoms with E-state index in [1.165, 1.54) is 6.21 Å². The molecule has 0 aliphatic heterocycles. The molecule has 0 atom stereocenters. The first-order chi connectivity index (χ1) is 3.77. The van der Waals surface area contributed by atoms with Gasteiger partial charge in [-0.25, -0.2) is 8.42 Å². The maximum atomic E-state index is 9.71. The second-order valence-corrected chi connectivity index (χ2v) is 2.03. The number of rotatable bonds is 3. The van der Waals surface area contributed by atoms with Crippen molar-refractivity contribution < 1.29 is 8.42 Å². The molecule has 0 aromatic carbocycles. The van der Waals surface area contributed by atoms with E-state index in [1.807, 2.05) is 6.92 Å². The van der Waals surface area contributed by atoms with E-state index in [4.69, 9.17) is 0 Å². The lowest BCUT2D eigenvalue weighted by molar-refractivity contribution is 0.616. The first kappa shape index (κ1) is 7.62. The average Bonchev–Trinajstić information content (AvgIpc) is 1.66. The lowest BCUT2D eigenvalue weighted by atomic mass is 10.4. The molecule has 0 aromatic heterocycles. The van der Waals surface area contributed by atoms with Crippen LogP contribution in [-0.4, -0.2) is 14.6 Å². The van der Waals surface area contributed by atoms with Gasteiger partial charge in [-0.1, -0.05) is 13.3 Å². The molecule has 0 saturated carbocycles. The van der Waals surface area contributed by atoms with Gasteiger partial charge in [-0.3, -0.25) is 0 Å². The van der Waals surface area contributed by atoms with Crippen LogP contribution in [0.1, 0.15) is 19.8 Å². The minimum Gasteiger partial charge on any atom is -0.208 e. The molecule has 0 unspecified atom stereocenters. The Labute approximate surface area is 50.5 Å². The summed E-state index contributed by atoms with van der Waals surface area (Å²) in [5.74, 6) is 0. The maximum absolute atomic E-state index is 9.71. The van der Waals surface area contributed by atoms with Crippen LogP contribution < -0.4 is 0 Å². The molecule has 4 heteroatoms. The van der Waals surface area contributed by atoms with Gasteiger partial charge >= 0.3 is 0 Å². The van der Waals surface area contributed by atoms with Crippen molar-refractivity contribution in [2.24, 2.45) is 4.40 Å². The van der Waals surface area contributed by atoms with Crippen LogP contribution in [0, 0.1) is 0 Å². The zero-order chi connectivity index (χ0) is 6.41. The summed E-state index contributed by atoms with van der Waals surface area (Å²) in [7, 11) is -2.54. The highest BCUT2D eigenvalue weighted by Crippen LogP contribution is 1.79. The molecule has 0 amide bonds. The van der Waals surface area contributed by atoms with Crippen molar-refractivity contribution in [1.29, 1.82) is 0 Å². The normalized spacial score (nSPS) is 11.2. The SMILES string of the molecule is CCCC=N[SH](=O)=O. The molecule has 0 aliphatic rings. The molecule has 0 N–H and O–H groups in total. The molecule has 0 aromatic rings. The summed E-state index contributed by atoms with van der Waals surface area (Å²) in [4.78, 5) is 0. The fourth-order valence-electron chi connectivity index (χ4n) is 0.254. The van der Waals surface area contributed by atoms with Crippen LogP contribution in [-0.2, 0) is 10.9 Å². The standard InChI is InChI=1S/C4H9NO2S/c1-2-3-4-5-8(6)7/h4,8H,2-3H2,1H3. The summed E-state index contributed by atoms with van der Waals surface area (Å²) in [5.41, 5.74) is 0. The lowest BCUT2D eigenvalue weighted by Gasteiger charge is -1.76. The van der Waals surface area contributed by atoms with Crippen LogP contribution in [0.4, 0.5) is 0 Å². The molecule has 3 nitrogen and oxygen atoms in total. The second kappa shape index (κ2) is 4.77. The summed E-state index contributed by atoms with van der Waals surface area (Å²) >= 11 is 0. The Hall–Kier alpha value is -0.380. The van der Waals surface area contributed by atoms with E-state index in [0.717, 1.165) is 12.8 Å². The number of thiol groups is 1. The quantitative estimate of drug-likeness (QED) is 0.449. The largest absolute Gasteiger partial charge is 0.242 e. The average molecular weight is 135 g/mol. The first-order valence-corrected chi connectivity index (χ1v) is 3.57. The molecule has 0 fully saturated rings. The fourth-order valence-corrected chi connectivity index (χ4v) is 0.502. The van der Waals surface area contributed by atoms with Gasteiger partial charge in [0.05, 0.1) is 0 Å². The molecule has 8 heavy (non-hydrogen) atoms. The Morgan fingerprint density at radius 1 is 1.62 bits per heavy atom. The van der Waals surface area contributed by atoms with E-state index < -0.39 is 10.9 Å². The third-order valence-electron chi connectivity index (χ3n) is 0.594. The van der Waals surface area contributed by atoms with E-state index in [2.05, 4.69) is 4.40 Å². The molecule has 48 valence electrons. The van der Waals surface area contributed by atoms with Crippen LogP contribution in [0.25, 0.3) is 0 Å². The smallest absolute Gasteiger partial charge is 0.208 e. The van der Waals surface area contributed by atoms with Gasteiger partial charge in [-0.2, -0.15) is 4.40 Å². The summed E-state index contributed by atoms with van der Waals surface area (Å²) in [6, 6.07) is 0. The van der Waals surface area contributed by atoms with Crippen LogP contribution in [0.5, 0.6) is 0 Å². The molecule has 0 radical (unpaired) electrons. The third-order valence-corrected chi connectivity index (χ3v) is 0.946. The summed E-state index contributed by atoms with van der Waals surface area (Å²) in [5, 5.41) is 0. The van der Waals surface area contributed by atoms with E-state index in [-0.39, 0.29) is 0 Å². The second-order valence-electron chi connectivity index (χ2n) is 1.32. The number of hydrogen-bond donors (Lipinski definition) is 1. The Morgan fingerprint density at radius 2 is 2.25 bits per heavy atom. The van der Waals surface area contributed by atoms with E-state index in [1.54, 1.807) is 0 Å². The van der Waals surface area contributed by atoms with Gasteiger partial charge in [0.25, 0.3) is 0 Å². The van der Waals surface area contributed by atoms with Crippen molar-refractivity contribution in [3.63, 3.8) is 0 Å². The predicted molar refractivity (Wildman–Crippen MR) is 33.7 cm³/mol. The summed E-state index contributed by atoms with van der Waals surface area (Å²) in [6.07, 6.45) is 3.09. The zero-order valence-corrected chi connectivity index (χ0v) is 5.60. The molecule has 0 rings (SSSR count). The summed E-state index contributed by atoms with van der Waals surface area (Å²) in [6.45, 7) is 1.96. The van der Waals surface area contributed by atoms with Crippen LogP contribution >= 0.6 is 0 Å². The van der Waals surface area contributed by atoms with Gasteiger partial charge < -0.3 is 0 Å². The highest BCUT2D eigenvalue weighted by molar-refractivity contribution is 7.71. The molecule has 0 aliphatic carbocycles.